The van der Waals surface area contributed by atoms with Crippen LogP contribution < -0.4 is 5.32 Å². The maximum atomic E-state index is 4.85. The van der Waals surface area contributed by atoms with Crippen LogP contribution in [0.4, 0.5) is 5.69 Å². The number of hydrogen-bond acceptors (Lipinski definition) is 3. The first-order chi connectivity index (χ1) is 10.7. The fourth-order valence-corrected chi connectivity index (χ4v) is 2.86. The summed E-state index contributed by atoms with van der Waals surface area (Å²) in [5, 5.41) is 6.06. The van der Waals surface area contributed by atoms with Crippen LogP contribution in [0.3, 0.4) is 0 Å². The second-order valence-corrected chi connectivity index (χ2v) is 6.06. The predicted molar refractivity (Wildman–Crippen MR) is 103 cm³/mol. The van der Waals surface area contributed by atoms with E-state index in [0.29, 0.717) is 0 Å². The van der Waals surface area contributed by atoms with E-state index in [1.54, 1.807) is 0 Å². The van der Waals surface area contributed by atoms with Crippen molar-refractivity contribution in [3.05, 3.63) is 48.0 Å². The van der Waals surface area contributed by atoms with E-state index in [2.05, 4.69) is 73.7 Å². The number of anilines is 1. The smallest absolute Gasteiger partial charge is 0.0759 e. The second kappa shape index (κ2) is 7.62. The average molecular weight is 330 g/mol. The molecule has 0 amide bonds. The molecule has 23 heavy (non-hydrogen) atoms. The van der Waals surface area contributed by atoms with E-state index in [0.717, 1.165) is 30.5 Å². The Morgan fingerprint density at radius 1 is 1.00 bits per heavy atom. The monoisotopic (exact) mass is 329 g/mol. The van der Waals surface area contributed by atoms with Crippen LogP contribution in [-0.2, 0) is 0 Å². The summed E-state index contributed by atoms with van der Waals surface area (Å²) in [5.74, 6) is 0. The molecule has 0 fully saturated rings. The van der Waals surface area contributed by atoms with Crippen molar-refractivity contribution in [2.24, 2.45) is 0 Å². The van der Waals surface area contributed by atoms with Gasteiger partial charge in [0.25, 0.3) is 0 Å². The molecule has 0 saturated heterocycles. The molecule has 0 aliphatic heterocycles. The van der Waals surface area contributed by atoms with Gasteiger partial charge in [0.1, 0.15) is 0 Å². The van der Waals surface area contributed by atoms with Crippen LogP contribution in [0.15, 0.2) is 42.5 Å². The van der Waals surface area contributed by atoms with Crippen LogP contribution in [0.25, 0.3) is 21.8 Å². The molecule has 3 aromatic rings. The summed E-state index contributed by atoms with van der Waals surface area (Å²) >= 11 is 0. The summed E-state index contributed by atoms with van der Waals surface area (Å²) in [6.07, 6.45) is 1.12. The lowest BCUT2D eigenvalue weighted by Crippen LogP contribution is -2.16. The number of para-hydroxylation sites is 2. The SMILES string of the molecule is Cc1cccc2c(NCCCN(C)C)c3ccccc3nc12.Cl. The Morgan fingerprint density at radius 3 is 2.52 bits per heavy atom. The van der Waals surface area contributed by atoms with E-state index in [9.17, 15) is 0 Å². The number of nitrogens with zero attached hydrogens (tertiary/aromatic N) is 2. The molecular weight excluding hydrogens is 306 g/mol. The van der Waals surface area contributed by atoms with Crippen LogP contribution in [-0.4, -0.2) is 37.1 Å². The zero-order valence-electron chi connectivity index (χ0n) is 14.0. The minimum Gasteiger partial charge on any atom is -0.384 e. The van der Waals surface area contributed by atoms with Gasteiger partial charge in [-0.1, -0.05) is 36.4 Å². The molecule has 0 spiro atoms. The summed E-state index contributed by atoms with van der Waals surface area (Å²) in [7, 11) is 4.22. The lowest BCUT2D eigenvalue weighted by atomic mass is 10.0. The summed E-state index contributed by atoms with van der Waals surface area (Å²) in [5.41, 5.74) is 4.58. The molecule has 0 unspecified atom stereocenters. The van der Waals surface area contributed by atoms with Crippen LogP contribution in [0, 0.1) is 6.92 Å². The maximum Gasteiger partial charge on any atom is 0.0759 e. The van der Waals surface area contributed by atoms with E-state index in [-0.39, 0.29) is 12.4 Å². The van der Waals surface area contributed by atoms with Crippen molar-refractivity contribution in [1.29, 1.82) is 0 Å². The molecule has 122 valence electrons. The highest BCUT2D eigenvalue weighted by Gasteiger charge is 2.09. The summed E-state index contributed by atoms with van der Waals surface area (Å²) < 4.78 is 0. The Balaban J connectivity index is 0.00000192. The van der Waals surface area contributed by atoms with Crippen molar-refractivity contribution in [3.8, 4) is 0 Å². The summed E-state index contributed by atoms with van der Waals surface area (Å²) in [6.45, 7) is 4.18. The minimum atomic E-state index is 0. The Hall–Kier alpha value is -1.84. The highest BCUT2D eigenvalue weighted by atomic mass is 35.5. The first kappa shape index (κ1) is 17.5. The Bertz CT molecular complexity index is 799. The van der Waals surface area contributed by atoms with Crippen molar-refractivity contribution in [3.63, 3.8) is 0 Å². The number of halogens is 1. The van der Waals surface area contributed by atoms with Gasteiger partial charge in [0.15, 0.2) is 0 Å². The van der Waals surface area contributed by atoms with Gasteiger partial charge < -0.3 is 10.2 Å². The third-order valence-corrected chi connectivity index (χ3v) is 4.00. The topological polar surface area (TPSA) is 28.2 Å². The lowest BCUT2D eigenvalue weighted by Gasteiger charge is -2.15. The van der Waals surface area contributed by atoms with E-state index in [1.165, 1.54) is 22.0 Å². The molecule has 1 N–H and O–H groups in total. The lowest BCUT2D eigenvalue weighted by molar-refractivity contribution is 0.405. The Morgan fingerprint density at radius 2 is 1.74 bits per heavy atom. The molecule has 0 aliphatic rings. The molecule has 0 aliphatic carbocycles. The molecule has 2 aromatic carbocycles. The molecule has 0 atom stereocenters. The number of hydrogen-bond donors (Lipinski definition) is 1. The third kappa shape index (κ3) is 3.74. The highest BCUT2D eigenvalue weighted by Crippen LogP contribution is 2.31. The molecule has 4 heteroatoms. The largest absolute Gasteiger partial charge is 0.384 e. The van der Waals surface area contributed by atoms with Crippen LogP contribution in [0.1, 0.15) is 12.0 Å². The standard InChI is InChI=1S/C19H23N3.ClH/c1-14-8-6-10-16-18(14)21-17-11-5-4-9-15(17)19(16)20-12-7-13-22(2)3;/h4-6,8-11H,7,12-13H2,1-3H3,(H,20,21);1H. The average Bonchev–Trinajstić information content (AvgIpc) is 2.51. The zero-order chi connectivity index (χ0) is 15.5. The molecule has 0 bridgehead atoms. The summed E-state index contributed by atoms with van der Waals surface area (Å²) in [6, 6.07) is 14.8. The predicted octanol–water partition coefficient (Wildman–Crippen LogP) is 4.48. The van der Waals surface area contributed by atoms with Crippen molar-refractivity contribution in [2.45, 2.75) is 13.3 Å². The third-order valence-electron chi connectivity index (χ3n) is 4.00. The van der Waals surface area contributed by atoms with Gasteiger partial charge in [0, 0.05) is 17.3 Å². The molecule has 3 nitrogen and oxygen atoms in total. The van der Waals surface area contributed by atoms with Gasteiger partial charge in [-0.25, -0.2) is 4.98 Å². The van der Waals surface area contributed by atoms with Gasteiger partial charge in [0.05, 0.1) is 16.7 Å². The first-order valence-electron chi connectivity index (χ1n) is 7.83. The van der Waals surface area contributed by atoms with E-state index in [4.69, 9.17) is 4.98 Å². The fraction of sp³-hybridized carbons (Fsp3) is 0.316. The Labute approximate surface area is 144 Å². The molecular formula is C19H24ClN3. The Kier molecular flexibility index (Phi) is 5.80. The number of benzene rings is 2. The number of rotatable bonds is 5. The van der Waals surface area contributed by atoms with Gasteiger partial charge in [-0.15, -0.1) is 12.4 Å². The van der Waals surface area contributed by atoms with Crippen molar-refractivity contribution < 1.29 is 0 Å². The molecule has 1 aromatic heterocycles. The maximum absolute atomic E-state index is 4.85. The van der Waals surface area contributed by atoms with Crippen LogP contribution in [0.2, 0.25) is 0 Å². The van der Waals surface area contributed by atoms with Crippen molar-refractivity contribution in [2.75, 3.05) is 32.5 Å². The zero-order valence-corrected chi connectivity index (χ0v) is 14.8. The number of pyridine rings is 1. The summed E-state index contributed by atoms with van der Waals surface area (Å²) in [4.78, 5) is 7.06. The van der Waals surface area contributed by atoms with Gasteiger partial charge in [-0.2, -0.15) is 0 Å². The van der Waals surface area contributed by atoms with E-state index < -0.39 is 0 Å². The first-order valence-corrected chi connectivity index (χ1v) is 7.83. The van der Waals surface area contributed by atoms with Crippen molar-refractivity contribution >= 4 is 39.9 Å². The van der Waals surface area contributed by atoms with Crippen LogP contribution in [0.5, 0.6) is 0 Å². The number of aryl methyl sites for hydroxylation is 1. The van der Waals surface area contributed by atoms with E-state index >= 15 is 0 Å². The molecule has 0 saturated carbocycles. The van der Waals surface area contributed by atoms with Gasteiger partial charge in [0.2, 0.25) is 0 Å². The van der Waals surface area contributed by atoms with E-state index in [1.807, 2.05) is 0 Å². The number of nitrogens with one attached hydrogen (secondary N) is 1. The van der Waals surface area contributed by atoms with Gasteiger partial charge in [-0.05, 0) is 45.6 Å². The number of fused-ring (bicyclic) bond motifs is 2. The van der Waals surface area contributed by atoms with Gasteiger partial charge >= 0.3 is 0 Å². The van der Waals surface area contributed by atoms with Crippen molar-refractivity contribution in [1.82, 2.24) is 9.88 Å². The molecule has 3 rings (SSSR count). The highest BCUT2D eigenvalue weighted by molar-refractivity contribution is 6.08. The second-order valence-electron chi connectivity index (χ2n) is 6.06. The normalized spacial score (nSPS) is 11.0. The molecule has 1 heterocycles. The molecule has 0 radical (unpaired) electrons. The van der Waals surface area contributed by atoms with Gasteiger partial charge in [-0.3, -0.25) is 0 Å². The quantitative estimate of drug-likeness (QED) is 0.552. The number of aromatic nitrogens is 1. The fourth-order valence-electron chi connectivity index (χ4n) is 2.86. The minimum absolute atomic E-state index is 0. The van der Waals surface area contributed by atoms with Crippen LogP contribution >= 0.6 is 12.4 Å².